The summed E-state index contributed by atoms with van der Waals surface area (Å²) in [5, 5.41) is 10.5. The maximum atomic E-state index is 12.3. The zero-order chi connectivity index (χ0) is 18.1. The first-order valence-electron chi connectivity index (χ1n) is 9.59. The molecule has 1 aliphatic heterocycles. The summed E-state index contributed by atoms with van der Waals surface area (Å²) in [5.74, 6) is 0.577. The number of nitrogens with one attached hydrogen (secondary N) is 2. The molecule has 3 heterocycles. The van der Waals surface area contributed by atoms with Gasteiger partial charge < -0.3 is 5.32 Å². The van der Waals surface area contributed by atoms with Crippen molar-refractivity contribution in [2.24, 2.45) is 5.41 Å². The molecule has 0 aromatic carbocycles. The number of hydrogen-bond acceptors (Lipinski definition) is 3. The topological polar surface area (TPSA) is 71.8 Å². The molecule has 0 saturated heterocycles. The van der Waals surface area contributed by atoms with Gasteiger partial charge in [0.2, 0.25) is 0 Å². The van der Waals surface area contributed by atoms with Crippen molar-refractivity contribution in [2.45, 2.75) is 65.0 Å². The van der Waals surface area contributed by atoms with E-state index in [1.165, 1.54) is 25.0 Å². The summed E-state index contributed by atoms with van der Waals surface area (Å²) in [6.07, 6.45) is 10.5. The van der Waals surface area contributed by atoms with Crippen LogP contribution in [0.5, 0.6) is 0 Å². The average Bonchev–Trinajstić information content (AvgIpc) is 3.10. The predicted molar refractivity (Wildman–Crippen MR) is 102 cm³/mol. The van der Waals surface area contributed by atoms with Crippen molar-refractivity contribution >= 4 is 11.8 Å². The molecule has 2 amide bonds. The fourth-order valence-electron chi connectivity index (χ4n) is 4.14. The van der Waals surface area contributed by atoms with Crippen LogP contribution in [-0.4, -0.2) is 26.8 Å². The Bertz CT molecular complexity index is 804. The van der Waals surface area contributed by atoms with Crippen LogP contribution < -0.4 is 10.6 Å². The Labute approximate surface area is 154 Å². The van der Waals surface area contributed by atoms with Gasteiger partial charge in [-0.05, 0) is 42.4 Å². The van der Waals surface area contributed by atoms with E-state index in [0.717, 1.165) is 36.9 Å². The Kier molecular flexibility index (Phi) is 4.42. The smallest absolute Gasteiger partial charge is 0.320 e. The Morgan fingerprint density at radius 1 is 1.27 bits per heavy atom. The summed E-state index contributed by atoms with van der Waals surface area (Å²) < 4.78 is 2.10. The van der Waals surface area contributed by atoms with E-state index in [4.69, 9.17) is 0 Å². The first-order valence-corrected chi connectivity index (χ1v) is 9.59. The summed E-state index contributed by atoms with van der Waals surface area (Å²) in [6, 6.07) is 4.04. The second kappa shape index (κ2) is 6.74. The van der Waals surface area contributed by atoms with Gasteiger partial charge in [0.05, 0.1) is 6.20 Å². The number of pyridine rings is 1. The third kappa shape index (κ3) is 3.59. The highest BCUT2D eigenvalue weighted by Crippen LogP contribution is 2.37. The Hall–Kier alpha value is -2.37. The van der Waals surface area contributed by atoms with Gasteiger partial charge in [-0.15, -0.1) is 0 Å². The van der Waals surface area contributed by atoms with Gasteiger partial charge in [0.15, 0.2) is 0 Å². The molecule has 6 heteroatoms. The van der Waals surface area contributed by atoms with Crippen LogP contribution in [0.4, 0.5) is 10.6 Å². The molecule has 4 rings (SSSR count). The highest BCUT2D eigenvalue weighted by molar-refractivity contribution is 5.89. The molecule has 2 aromatic rings. The molecule has 138 valence electrons. The van der Waals surface area contributed by atoms with Crippen LogP contribution in [0.15, 0.2) is 24.5 Å². The maximum Gasteiger partial charge on any atom is 0.320 e. The average molecular weight is 353 g/mol. The number of fused-ring (bicyclic) bond motifs is 1. The van der Waals surface area contributed by atoms with Gasteiger partial charge in [0.25, 0.3) is 0 Å². The van der Waals surface area contributed by atoms with Crippen molar-refractivity contribution in [3.05, 3.63) is 30.2 Å². The van der Waals surface area contributed by atoms with E-state index < -0.39 is 0 Å². The molecule has 2 aliphatic rings. The molecule has 0 unspecified atom stereocenters. The Morgan fingerprint density at radius 2 is 2.08 bits per heavy atom. The van der Waals surface area contributed by atoms with E-state index in [0.29, 0.717) is 5.82 Å². The summed E-state index contributed by atoms with van der Waals surface area (Å²) in [4.78, 5) is 16.6. The van der Waals surface area contributed by atoms with Gasteiger partial charge in [0, 0.05) is 30.0 Å². The largest absolute Gasteiger partial charge is 0.335 e. The standard InChI is InChI=1S/C20H27N5O/c1-20(2)11-17-16(12-22-25(17)13-20)14-8-9-21-18(10-14)24-19(26)23-15-6-4-3-5-7-15/h8-10,12,15H,3-7,11,13H2,1-2H3,(H2,21,23,24,26). The zero-order valence-electron chi connectivity index (χ0n) is 15.6. The Balaban J connectivity index is 1.47. The van der Waals surface area contributed by atoms with Crippen molar-refractivity contribution in [1.82, 2.24) is 20.1 Å². The minimum Gasteiger partial charge on any atom is -0.335 e. The third-order valence-corrected chi connectivity index (χ3v) is 5.43. The van der Waals surface area contributed by atoms with Gasteiger partial charge in [-0.3, -0.25) is 10.00 Å². The van der Waals surface area contributed by atoms with Gasteiger partial charge >= 0.3 is 6.03 Å². The van der Waals surface area contributed by atoms with Crippen molar-refractivity contribution in [2.75, 3.05) is 5.32 Å². The van der Waals surface area contributed by atoms with Crippen LogP contribution in [0, 0.1) is 5.41 Å². The molecule has 1 aliphatic carbocycles. The lowest BCUT2D eigenvalue weighted by molar-refractivity contribution is 0.244. The minimum absolute atomic E-state index is 0.164. The zero-order valence-corrected chi connectivity index (χ0v) is 15.6. The van der Waals surface area contributed by atoms with Crippen molar-refractivity contribution in [3.8, 4) is 11.1 Å². The van der Waals surface area contributed by atoms with Crippen LogP contribution in [0.25, 0.3) is 11.1 Å². The molecule has 0 radical (unpaired) electrons. The van der Waals surface area contributed by atoms with Gasteiger partial charge in [-0.2, -0.15) is 5.10 Å². The highest BCUT2D eigenvalue weighted by atomic mass is 16.2. The SMILES string of the molecule is CC1(C)Cc2c(-c3ccnc(NC(=O)NC4CCCCC4)c3)cnn2C1. The molecule has 0 bridgehead atoms. The van der Waals surface area contributed by atoms with Gasteiger partial charge in [-0.1, -0.05) is 33.1 Å². The number of amides is 2. The number of nitrogens with zero attached hydrogens (tertiary/aromatic N) is 3. The van der Waals surface area contributed by atoms with E-state index in [1.807, 2.05) is 18.3 Å². The van der Waals surface area contributed by atoms with Crippen molar-refractivity contribution in [1.29, 1.82) is 0 Å². The van der Waals surface area contributed by atoms with Crippen LogP contribution in [0.3, 0.4) is 0 Å². The van der Waals surface area contributed by atoms with Crippen LogP contribution in [-0.2, 0) is 13.0 Å². The second-order valence-electron chi connectivity index (χ2n) is 8.37. The number of hydrogen-bond donors (Lipinski definition) is 2. The van der Waals surface area contributed by atoms with Gasteiger partial charge in [0.1, 0.15) is 5.82 Å². The lowest BCUT2D eigenvalue weighted by atomic mass is 9.90. The fourth-order valence-corrected chi connectivity index (χ4v) is 4.14. The molecule has 2 aromatic heterocycles. The Morgan fingerprint density at radius 3 is 2.88 bits per heavy atom. The van der Waals surface area contributed by atoms with Crippen LogP contribution >= 0.6 is 0 Å². The van der Waals surface area contributed by atoms with E-state index >= 15 is 0 Å². The lowest BCUT2D eigenvalue weighted by Gasteiger charge is -2.22. The molecular formula is C20H27N5O. The molecule has 1 saturated carbocycles. The quantitative estimate of drug-likeness (QED) is 0.876. The number of carbonyl (C=O) groups is 1. The predicted octanol–water partition coefficient (Wildman–Crippen LogP) is 3.98. The summed E-state index contributed by atoms with van der Waals surface area (Å²) in [5.41, 5.74) is 3.69. The first kappa shape index (κ1) is 17.1. The summed E-state index contributed by atoms with van der Waals surface area (Å²) in [6.45, 7) is 5.48. The number of aromatic nitrogens is 3. The summed E-state index contributed by atoms with van der Waals surface area (Å²) >= 11 is 0. The van der Waals surface area contributed by atoms with E-state index in [-0.39, 0.29) is 17.5 Å². The van der Waals surface area contributed by atoms with E-state index in [1.54, 1.807) is 6.20 Å². The van der Waals surface area contributed by atoms with Crippen LogP contribution in [0.1, 0.15) is 51.6 Å². The van der Waals surface area contributed by atoms with E-state index in [9.17, 15) is 4.79 Å². The molecule has 2 N–H and O–H groups in total. The van der Waals surface area contributed by atoms with Crippen molar-refractivity contribution in [3.63, 3.8) is 0 Å². The van der Waals surface area contributed by atoms with Crippen LogP contribution in [0.2, 0.25) is 0 Å². The number of urea groups is 1. The normalized spacial score (nSPS) is 19.2. The number of anilines is 1. The first-order chi connectivity index (χ1) is 12.5. The minimum atomic E-state index is -0.164. The van der Waals surface area contributed by atoms with Crippen molar-refractivity contribution < 1.29 is 4.79 Å². The lowest BCUT2D eigenvalue weighted by Crippen LogP contribution is -2.39. The van der Waals surface area contributed by atoms with E-state index in [2.05, 4.69) is 39.2 Å². The summed E-state index contributed by atoms with van der Waals surface area (Å²) in [7, 11) is 0. The second-order valence-corrected chi connectivity index (χ2v) is 8.37. The molecule has 0 atom stereocenters. The molecule has 0 spiro atoms. The molecular weight excluding hydrogens is 326 g/mol. The highest BCUT2D eigenvalue weighted by Gasteiger charge is 2.31. The third-order valence-electron chi connectivity index (χ3n) is 5.43. The fraction of sp³-hybridized carbons (Fsp3) is 0.550. The van der Waals surface area contributed by atoms with Gasteiger partial charge in [-0.25, -0.2) is 9.78 Å². The molecule has 26 heavy (non-hydrogen) atoms. The molecule has 1 fully saturated rings. The maximum absolute atomic E-state index is 12.3. The number of rotatable bonds is 3. The monoisotopic (exact) mass is 353 g/mol. The number of carbonyl (C=O) groups excluding carboxylic acids is 1. The molecule has 6 nitrogen and oxygen atoms in total.